The fourth-order valence-electron chi connectivity index (χ4n) is 1.41. The van der Waals surface area contributed by atoms with Gasteiger partial charge >= 0.3 is 0 Å². The molecule has 0 spiro atoms. The highest BCUT2D eigenvalue weighted by atomic mass is 16.5. The molecule has 0 radical (unpaired) electrons. The van der Waals surface area contributed by atoms with Crippen molar-refractivity contribution < 1.29 is 4.74 Å². The number of hydrogen-bond acceptors (Lipinski definition) is 4. The minimum atomic E-state index is -0.220. The smallest absolute Gasteiger partial charge is 0.197 e. The van der Waals surface area contributed by atoms with E-state index in [4.69, 9.17) is 10.5 Å². The molecule has 0 aromatic carbocycles. The van der Waals surface area contributed by atoms with Crippen LogP contribution >= 0.6 is 0 Å². The van der Waals surface area contributed by atoms with Crippen molar-refractivity contribution >= 4 is 5.95 Å². The largest absolute Gasteiger partial charge is 0.369 e. The Labute approximate surface area is 86.9 Å². The van der Waals surface area contributed by atoms with Crippen LogP contribution < -0.4 is 5.73 Å². The number of hydrogen-bond donors (Lipinski definition) is 3. The molecule has 0 aliphatic rings. The van der Waals surface area contributed by atoms with Gasteiger partial charge in [0.15, 0.2) is 5.95 Å². The van der Waals surface area contributed by atoms with Crippen molar-refractivity contribution in [3.63, 3.8) is 0 Å². The number of aromatic nitrogens is 4. The van der Waals surface area contributed by atoms with E-state index in [0.717, 1.165) is 11.4 Å². The second-order valence-corrected chi connectivity index (χ2v) is 3.07. The van der Waals surface area contributed by atoms with Gasteiger partial charge in [0.25, 0.3) is 0 Å². The number of nitrogens with two attached hydrogens (primary N) is 1. The Morgan fingerprint density at radius 2 is 2.33 bits per heavy atom. The topological polar surface area (TPSA) is 92.6 Å². The maximum Gasteiger partial charge on any atom is 0.197 e. The molecular weight excluding hydrogens is 194 g/mol. The molecule has 0 fully saturated rings. The van der Waals surface area contributed by atoms with Crippen molar-refractivity contribution in [1.29, 1.82) is 0 Å². The number of nitrogens with zero attached hydrogens (tertiary/aromatic N) is 2. The lowest BCUT2D eigenvalue weighted by atomic mass is 10.2. The average Bonchev–Trinajstić information content (AvgIpc) is 2.85. The standard InChI is InChI=1S/C9H13N5O/c1-2-15-8(6-3-11-5-13-6)7-4-12-9(10)14-7/h3-5,8H,2H2,1H3,(H,11,13)(H3,10,12,14). The van der Waals surface area contributed by atoms with Crippen LogP contribution in [0.2, 0.25) is 0 Å². The number of imidazole rings is 2. The van der Waals surface area contributed by atoms with Gasteiger partial charge < -0.3 is 20.4 Å². The number of anilines is 1. The monoisotopic (exact) mass is 207 g/mol. The van der Waals surface area contributed by atoms with E-state index in [9.17, 15) is 0 Å². The van der Waals surface area contributed by atoms with Crippen LogP contribution in [0.4, 0.5) is 5.95 Å². The lowest BCUT2D eigenvalue weighted by molar-refractivity contribution is 0.0860. The van der Waals surface area contributed by atoms with E-state index in [1.54, 1.807) is 18.7 Å². The summed E-state index contributed by atoms with van der Waals surface area (Å²) in [5.41, 5.74) is 7.21. The fraction of sp³-hybridized carbons (Fsp3) is 0.333. The molecule has 1 atom stereocenters. The maximum atomic E-state index is 5.59. The Hall–Kier alpha value is -1.82. The zero-order valence-electron chi connectivity index (χ0n) is 8.40. The quantitative estimate of drug-likeness (QED) is 0.692. The Morgan fingerprint density at radius 3 is 2.87 bits per heavy atom. The number of nitrogen functional groups attached to an aromatic ring is 1. The molecule has 1 unspecified atom stereocenters. The van der Waals surface area contributed by atoms with E-state index < -0.39 is 0 Å². The highest BCUT2D eigenvalue weighted by molar-refractivity contribution is 5.24. The van der Waals surface area contributed by atoms with Gasteiger partial charge in [-0.1, -0.05) is 0 Å². The molecule has 2 aromatic rings. The zero-order chi connectivity index (χ0) is 10.7. The number of rotatable bonds is 4. The van der Waals surface area contributed by atoms with Crippen LogP contribution in [0.5, 0.6) is 0 Å². The fourth-order valence-corrected chi connectivity index (χ4v) is 1.41. The first-order valence-electron chi connectivity index (χ1n) is 4.71. The molecule has 2 heterocycles. The summed E-state index contributed by atoms with van der Waals surface area (Å²) in [5, 5.41) is 0. The van der Waals surface area contributed by atoms with Crippen molar-refractivity contribution in [3.8, 4) is 0 Å². The molecule has 4 N–H and O–H groups in total. The summed E-state index contributed by atoms with van der Waals surface area (Å²) in [6, 6.07) is 0. The van der Waals surface area contributed by atoms with Gasteiger partial charge in [0.1, 0.15) is 6.10 Å². The molecule has 0 amide bonds. The number of ether oxygens (including phenoxy) is 1. The van der Waals surface area contributed by atoms with Gasteiger partial charge in [-0.05, 0) is 6.92 Å². The summed E-state index contributed by atoms with van der Waals surface area (Å²) >= 11 is 0. The number of aromatic amines is 2. The third kappa shape index (κ3) is 1.99. The molecular formula is C9H13N5O. The summed E-state index contributed by atoms with van der Waals surface area (Å²) in [4.78, 5) is 13.8. The predicted molar refractivity (Wildman–Crippen MR) is 55.1 cm³/mol. The average molecular weight is 207 g/mol. The van der Waals surface area contributed by atoms with Crippen molar-refractivity contribution in [2.45, 2.75) is 13.0 Å². The van der Waals surface area contributed by atoms with E-state index in [1.807, 2.05) is 6.92 Å². The summed E-state index contributed by atoms with van der Waals surface area (Å²) in [7, 11) is 0. The second kappa shape index (κ2) is 4.14. The van der Waals surface area contributed by atoms with E-state index >= 15 is 0 Å². The third-order valence-corrected chi connectivity index (χ3v) is 2.03. The molecule has 15 heavy (non-hydrogen) atoms. The van der Waals surface area contributed by atoms with Gasteiger partial charge in [0.05, 0.1) is 30.1 Å². The van der Waals surface area contributed by atoms with Crippen LogP contribution in [-0.4, -0.2) is 26.5 Å². The number of H-pyrrole nitrogens is 2. The van der Waals surface area contributed by atoms with Gasteiger partial charge in [-0.3, -0.25) is 0 Å². The molecule has 0 saturated heterocycles. The minimum Gasteiger partial charge on any atom is -0.369 e. The molecule has 2 aromatic heterocycles. The Balaban J connectivity index is 2.27. The second-order valence-electron chi connectivity index (χ2n) is 3.07. The van der Waals surface area contributed by atoms with Gasteiger partial charge in [-0.2, -0.15) is 0 Å². The molecule has 0 aliphatic carbocycles. The minimum absolute atomic E-state index is 0.220. The highest BCUT2D eigenvalue weighted by Crippen LogP contribution is 2.22. The maximum absolute atomic E-state index is 5.59. The number of nitrogens with one attached hydrogen (secondary N) is 2. The van der Waals surface area contributed by atoms with Crippen LogP contribution in [0.3, 0.4) is 0 Å². The first kappa shape index (κ1) is 9.72. The van der Waals surface area contributed by atoms with Crippen molar-refractivity contribution in [1.82, 2.24) is 19.9 Å². The van der Waals surface area contributed by atoms with Crippen LogP contribution in [0, 0.1) is 0 Å². The van der Waals surface area contributed by atoms with Crippen molar-refractivity contribution in [2.24, 2.45) is 0 Å². The predicted octanol–water partition coefficient (Wildman–Crippen LogP) is 0.841. The van der Waals surface area contributed by atoms with E-state index in [2.05, 4.69) is 19.9 Å². The molecule has 0 saturated carbocycles. The third-order valence-electron chi connectivity index (χ3n) is 2.03. The van der Waals surface area contributed by atoms with Crippen LogP contribution in [0.25, 0.3) is 0 Å². The lowest BCUT2D eigenvalue weighted by Crippen LogP contribution is -2.07. The first-order valence-corrected chi connectivity index (χ1v) is 4.71. The molecule has 80 valence electrons. The Morgan fingerprint density at radius 1 is 1.47 bits per heavy atom. The van der Waals surface area contributed by atoms with Crippen LogP contribution in [-0.2, 0) is 4.74 Å². The van der Waals surface area contributed by atoms with Gasteiger partial charge in [0.2, 0.25) is 0 Å². The van der Waals surface area contributed by atoms with Crippen molar-refractivity contribution in [3.05, 3.63) is 30.1 Å². The molecule has 0 aliphatic heterocycles. The summed E-state index contributed by atoms with van der Waals surface area (Å²) in [5.74, 6) is 0.384. The molecule has 6 nitrogen and oxygen atoms in total. The highest BCUT2D eigenvalue weighted by Gasteiger charge is 2.17. The summed E-state index contributed by atoms with van der Waals surface area (Å²) in [6.07, 6.45) is 4.77. The van der Waals surface area contributed by atoms with Gasteiger partial charge in [-0.15, -0.1) is 0 Å². The Kier molecular flexibility index (Phi) is 2.68. The zero-order valence-corrected chi connectivity index (χ0v) is 8.40. The molecule has 6 heteroatoms. The van der Waals surface area contributed by atoms with Crippen LogP contribution in [0.15, 0.2) is 18.7 Å². The first-order chi connectivity index (χ1) is 7.31. The molecule has 0 bridgehead atoms. The SMILES string of the molecule is CCOC(c1cnc[nH]1)c1cnc(N)[nH]1. The van der Waals surface area contributed by atoms with E-state index in [0.29, 0.717) is 12.6 Å². The van der Waals surface area contributed by atoms with E-state index in [1.165, 1.54) is 0 Å². The Bertz CT molecular complexity index is 408. The van der Waals surface area contributed by atoms with Gasteiger partial charge in [0, 0.05) is 6.61 Å². The normalized spacial score (nSPS) is 12.9. The van der Waals surface area contributed by atoms with Crippen LogP contribution in [0.1, 0.15) is 24.4 Å². The van der Waals surface area contributed by atoms with Crippen molar-refractivity contribution in [2.75, 3.05) is 12.3 Å². The van der Waals surface area contributed by atoms with Gasteiger partial charge in [-0.25, -0.2) is 9.97 Å². The van der Waals surface area contributed by atoms with E-state index in [-0.39, 0.29) is 6.10 Å². The lowest BCUT2D eigenvalue weighted by Gasteiger charge is -2.12. The summed E-state index contributed by atoms with van der Waals surface area (Å²) in [6.45, 7) is 2.53. The molecule has 2 rings (SSSR count). The summed E-state index contributed by atoms with van der Waals surface area (Å²) < 4.78 is 5.59.